The molecular formula is C22H26N4O4S. The number of nitrogens with one attached hydrogen (secondary N) is 1. The molecule has 2 aromatic heterocycles. The second-order valence-corrected chi connectivity index (χ2v) is 8.65. The molecule has 1 aliphatic rings. The van der Waals surface area contributed by atoms with Crippen LogP contribution in [0.4, 0.5) is 0 Å². The molecule has 0 spiro atoms. The van der Waals surface area contributed by atoms with E-state index in [-0.39, 0.29) is 17.3 Å². The van der Waals surface area contributed by atoms with Gasteiger partial charge in [-0.05, 0) is 56.2 Å². The van der Waals surface area contributed by atoms with Crippen molar-refractivity contribution in [3.63, 3.8) is 0 Å². The number of methoxy groups -OCH3 is 1. The van der Waals surface area contributed by atoms with E-state index in [0.717, 1.165) is 36.6 Å². The minimum Gasteiger partial charge on any atom is -0.497 e. The SMILES string of the molecule is COc1ccc(-c2nnc(S[C@H](C)C(=O)NCc3ccco3)n2C[C@@H]2CCCO2)cc1. The highest BCUT2D eigenvalue weighted by molar-refractivity contribution is 8.00. The molecule has 4 rings (SSSR count). The van der Waals surface area contributed by atoms with Crippen molar-refractivity contribution in [3.8, 4) is 17.1 Å². The molecule has 3 aromatic rings. The van der Waals surface area contributed by atoms with Crippen LogP contribution in [0.2, 0.25) is 0 Å². The predicted molar refractivity (Wildman–Crippen MR) is 117 cm³/mol. The third kappa shape index (κ3) is 5.29. The van der Waals surface area contributed by atoms with Crippen LogP contribution < -0.4 is 10.1 Å². The largest absolute Gasteiger partial charge is 0.497 e. The summed E-state index contributed by atoms with van der Waals surface area (Å²) in [5.41, 5.74) is 0.938. The van der Waals surface area contributed by atoms with E-state index < -0.39 is 0 Å². The van der Waals surface area contributed by atoms with Gasteiger partial charge in [-0.25, -0.2) is 0 Å². The molecule has 0 bridgehead atoms. The lowest BCUT2D eigenvalue weighted by Crippen LogP contribution is -2.30. The average Bonchev–Trinajstić information content (AvgIpc) is 3.56. The number of hydrogen-bond donors (Lipinski definition) is 1. The Kier molecular flexibility index (Phi) is 6.93. The Morgan fingerprint density at radius 1 is 1.32 bits per heavy atom. The summed E-state index contributed by atoms with van der Waals surface area (Å²) in [7, 11) is 1.64. The Hall–Kier alpha value is -2.78. The lowest BCUT2D eigenvalue weighted by Gasteiger charge is -2.16. The van der Waals surface area contributed by atoms with E-state index in [9.17, 15) is 4.79 Å². The van der Waals surface area contributed by atoms with Crippen LogP contribution in [-0.4, -0.2) is 45.7 Å². The third-order valence-electron chi connectivity index (χ3n) is 5.14. The van der Waals surface area contributed by atoms with Crippen molar-refractivity contribution >= 4 is 17.7 Å². The van der Waals surface area contributed by atoms with Gasteiger partial charge >= 0.3 is 0 Å². The number of thioether (sulfide) groups is 1. The van der Waals surface area contributed by atoms with Gasteiger partial charge in [0.1, 0.15) is 11.5 Å². The normalized spacial score (nSPS) is 16.9. The molecule has 31 heavy (non-hydrogen) atoms. The zero-order valence-corrected chi connectivity index (χ0v) is 18.4. The van der Waals surface area contributed by atoms with Gasteiger partial charge in [-0.1, -0.05) is 11.8 Å². The van der Waals surface area contributed by atoms with Crippen molar-refractivity contribution in [1.29, 1.82) is 0 Å². The maximum absolute atomic E-state index is 12.6. The van der Waals surface area contributed by atoms with Gasteiger partial charge in [-0.2, -0.15) is 0 Å². The molecule has 1 saturated heterocycles. The van der Waals surface area contributed by atoms with Crippen molar-refractivity contribution in [2.75, 3.05) is 13.7 Å². The van der Waals surface area contributed by atoms with Gasteiger partial charge in [-0.15, -0.1) is 10.2 Å². The smallest absolute Gasteiger partial charge is 0.233 e. The molecule has 2 atom stereocenters. The van der Waals surface area contributed by atoms with Crippen molar-refractivity contribution in [3.05, 3.63) is 48.4 Å². The molecule has 3 heterocycles. The van der Waals surface area contributed by atoms with Gasteiger partial charge in [0.05, 0.1) is 37.8 Å². The summed E-state index contributed by atoms with van der Waals surface area (Å²) in [4.78, 5) is 12.6. The molecule has 8 nitrogen and oxygen atoms in total. The number of rotatable bonds is 9. The third-order valence-corrected chi connectivity index (χ3v) is 6.22. The predicted octanol–water partition coefficient (Wildman–Crippen LogP) is 3.52. The number of benzene rings is 1. The molecule has 1 amide bonds. The molecule has 1 fully saturated rings. The van der Waals surface area contributed by atoms with Crippen LogP contribution in [-0.2, 0) is 22.6 Å². The summed E-state index contributed by atoms with van der Waals surface area (Å²) >= 11 is 1.39. The average molecular weight is 443 g/mol. The Balaban J connectivity index is 1.51. The first-order valence-electron chi connectivity index (χ1n) is 10.3. The van der Waals surface area contributed by atoms with E-state index in [4.69, 9.17) is 13.9 Å². The van der Waals surface area contributed by atoms with Gasteiger partial charge in [0.2, 0.25) is 5.91 Å². The van der Waals surface area contributed by atoms with Crippen LogP contribution in [0.1, 0.15) is 25.5 Å². The fraction of sp³-hybridized carbons (Fsp3) is 0.409. The molecule has 9 heteroatoms. The highest BCUT2D eigenvalue weighted by Crippen LogP contribution is 2.29. The molecule has 164 valence electrons. The maximum Gasteiger partial charge on any atom is 0.233 e. The van der Waals surface area contributed by atoms with Gasteiger partial charge in [0.15, 0.2) is 11.0 Å². The number of furan rings is 1. The highest BCUT2D eigenvalue weighted by Gasteiger charge is 2.24. The standard InChI is InChI=1S/C22H26N4O4S/c1-15(21(27)23-13-18-5-3-11-29-18)31-22-25-24-20(16-7-9-17(28-2)10-8-16)26(22)14-19-6-4-12-30-19/h3,5,7-11,15,19H,4,6,12-14H2,1-2H3,(H,23,27)/t15-,19+/m1/s1. The molecule has 0 saturated carbocycles. The number of aromatic nitrogens is 3. The topological polar surface area (TPSA) is 91.4 Å². The van der Waals surface area contributed by atoms with Crippen LogP contribution in [0.5, 0.6) is 5.75 Å². The Morgan fingerprint density at radius 3 is 2.84 bits per heavy atom. The number of nitrogens with zero attached hydrogens (tertiary/aromatic N) is 3. The summed E-state index contributed by atoms with van der Waals surface area (Å²) in [6.07, 6.45) is 3.77. The number of carbonyl (C=O) groups excluding carboxylic acids is 1. The summed E-state index contributed by atoms with van der Waals surface area (Å²) < 4.78 is 18.4. The zero-order valence-electron chi connectivity index (χ0n) is 17.6. The molecular weight excluding hydrogens is 416 g/mol. The van der Waals surface area contributed by atoms with Crippen LogP contribution >= 0.6 is 11.8 Å². The van der Waals surface area contributed by atoms with Gasteiger partial charge in [0.25, 0.3) is 0 Å². The molecule has 1 aliphatic heterocycles. The second kappa shape index (κ2) is 10.0. The van der Waals surface area contributed by atoms with E-state index in [0.29, 0.717) is 24.0 Å². The van der Waals surface area contributed by atoms with Crippen LogP contribution in [0.15, 0.2) is 52.2 Å². The fourth-order valence-corrected chi connectivity index (χ4v) is 4.31. The summed E-state index contributed by atoms with van der Waals surface area (Å²) in [6, 6.07) is 11.4. The Morgan fingerprint density at radius 2 is 2.16 bits per heavy atom. The highest BCUT2D eigenvalue weighted by atomic mass is 32.2. The van der Waals surface area contributed by atoms with E-state index in [1.807, 2.05) is 37.3 Å². The van der Waals surface area contributed by atoms with Gasteiger partial charge in [-0.3, -0.25) is 9.36 Å². The molecule has 0 radical (unpaired) electrons. The Bertz CT molecular complexity index is 982. The van der Waals surface area contributed by atoms with Gasteiger partial charge in [0, 0.05) is 12.2 Å². The minimum atomic E-state index is -0.342. The summed E-state index contributed by atoms with van der Waals surface area (Å²) in [6.45, 7) is 3.65. The fourth-order valence-electron chi connectivity index (χ4n) is 3.43. The zero-order chi connectivity index (χ0) is 21.6. The first kappa shape index (κ1) is 21.5. The van der Waals surface area contributed by atoms with Crippen molar-refractivity contribution in [1.82, 2.24) is 20.1 Å². The van der Waals surface area contributed by atoms with Crippen molar-refractivity contribution < 1.29 is 18.7 Å². The van der Waals surface area contributed by atoms with E-state index in [2.05, 4.69) is 20.1 Å². The van der Waals surface area contributed by atoms with Crippen LogP contribution in [0, 0.1) is 0 Å². The first-order chi connectivity index (χ1) is 15.1. The molecule has 0 aliphatic carbocycles. The van der Waals surface area contributed by atoms with E-state index >= 15 is 0 Å². The number of carbonyl (C=O) groups is 1. The second-order valence-electron chi connectivity index (χ2n) is 7.34. The summed E-state index contributed by atoms with van der Waals surface area (Å²) in [5.74, 6) is 2.17. The number of amides is 1. The number of ether oxygens (including phenoxy) is 2. The number of hydrogen-bond acceptors (Lipinski definition) is 7. The lowest BCUT2D eigenvalue weighted by atomic mass is 10.2. The Labute approximate surface area is 185 Å². The lowest BCUT2D eigenvalue weighted by molar-refractivity contribution is -0.120. The maximum atomic E-state index is 12.6. The van der Waals surface area contributed by atoms with Crippen LogP contribution in [0.25, 0.3) is 11.4 Å². The first-order valence-corrected chi connectivity index (χ1v) is 11.2. The minimum absolute atomic E-state index is 0.0842. The molecule has 1 aromatic carbocycles. The van der Waals surface area contributed by atoms with Crippen molar-refractivity contribution in [2.45, 2.75) is 49.4 Å². The monoisotopic (exact) mass is 442 g/mol. The molecule has 1 N–H and O–H groups in total. The van der Waals surface area contributed by atoms with E-state index in [1.165, 1.54) is 11.8 Å². The summed E-state index contributed by atoms with van der Waals surface area (Å²) in [5, 5.41) is 12.1. The van der Waals surface area contributed by atoms with Crippen LogP contribution in [0.3, 0.4) is 0 Å². The van der Waals surface area contributed by atoms with Gasteiger partial charge < -0.3 is 19.2 Å². The van der Waals surface area contributed by atoms with Crippen molar-refractivity contribution in [2.24, 2.45) is 0 Å². The van der Waals surface area contributed by atoms with E-state index in [1.54, 1.807) is 19.4 Å². The quantitative estimate of drug-likeness (QED) is 0.507. The molecule has 0 unspecified atom stereocenters.